The molecule has 0 saturated heterocycles. The number of rotatable bonds is 0. The fourth-order valence-electron chi connectivity index (χ4n) is 1.48. The molecule has 0 spiro atoms. The van der Waals surface area contributed by atoms with E-state index in [-0.39, 0.29) is 46.5 Å². The van der Waals surface area contributed by atoms with E-state index in [0.29, 0.717) is 11.1 Å². The maximum Gasteiger partial charge on any atom is 4.00 e. The molecule has 2 rings (SSSR count). The molecule has 0 nitrogen and oxygen atoms in total. The Morgan fingerprint density at radius 3 is 1.04 bits per heavy atom. The Morgan fingerprint density at radius 2 is 0.957 bits per heavy atom. The predicted molar refractivity (Wildman–Crippen MR) is 63.5 cm³/mol. The molecular formula is C14H12Cl2F6Ti. The van der Waals surface area contributed by atoms with Gasteiger partial charge in [-0.1, -0.05) is 25.0 Å². The summed E-state index contributed by atoms with van der Waals surface area (Å²) in [5, 5.41) is 0. The Kier molecular flexibility index (Phi) is 12.4. The minimum Gasteiger partial charge on any atom is -1.00 e. The molecule has 0 aliphatic rings. The van der Waals surface area contributed by atoms with Gasteiger partial charge in [0.15, 0.2) is 0 Å². The quantitative estimate of drug-likeness (QED) is 0.310. The molecule has 0 N–H and O–H groups in total. The van der Waals surface area contributed by atoms with Crippen LogP contribution in [0.1, 0.15) is 22.3 Å². The van der Waals surface area contributed by atoms with Crippen molar-refractivity contribution in [3.63, 3.8) is 0 Å². The van der Waals surface area contributed by atoms with E-state index in [2.05, 4.69) is 0 Å². The minimum absolute atomic E-state index is 0. The summed E-state index contributed by atoms with van der Waals surface area (Å²) >= 11 is 0. The van der Waals surface area contributed by atoms with Crippen molar-refractivity contribution in [1.82, 2.24) is 0 Å². The summed E-state index contributed by atoms with van der Waals surface area (Å²) in [7, 11) is 0. The summed E-state index contributed by atoms with van der Waals surface area (Å²) in [5.74, 6) is 0. The maximum absolute atomic E-state index is 11.8. The van der Waals surface area contributed by atoms with Crippen molar-refractivity contribution in [2.75, 3.05) is 0 Å². The normalized spacial score (nSPS) is 10.4. The minimum atomic E-state index is -4.19. The molecule has 0 radical (unpaired) electrons. The van der Waals surface area contributed by atoms with Crippen LogP contribution in [0.4, 0.5) is 26.3 Å². The molecule has 0 aromatic heterocycles. The number of halogens is 8. The van der Waals surface area contributed by atoms with Crippen LogP contribution in [0.25, 0.3) is 0 Å². The molecule has 0 saturated carbocycles. The van der Waals surface area contributed by atoms with Gasteiger partial charge in [0.2, 0.25) is 0 Å². The summed E-state index contributed by atoms with van der Waals surface area (Å²) < 4.78 is 70.8. The molecule has 2 aromatic rings. The average molecular weight is 413 g/mol. The fraction of sp³-hybridized carbons (Fsp3) is 0.286. The third kappa shape index (κ3) is 9.45. The monoisotopic (exact) mass is 412 g/mol. The molecule has 0 bridgehead atoms. The summed E-state index contributed by atoms with van der Waals surface area (Å²) in [6, 6.07) is 7.30. The molecule has 0 aliphatic carbocycles. The van der Waals surface area contributed by atoms with Crippen molar-refractivity contribution < 1.29 is 72.9 Å². The largest absolute Gasteiger partial charge is 4.00 e. The van der Waals surface area contributed by atoms with Gasteiger partial charge in [0.1, 0.15) is 0 Å². The van der Waals surface area contributed by atoms with E-state index in [1.165, 1.54) is 12.1 Å². The first-order chi connectivity index (χ1) is 9.00. The third-order valence-electron chi connectivity index (χ3n) is 2.47. The molecule has 2 aromatic carbocycles. The van der Waals surface area contributed by atoms with E-state index >= 15 is 0 Å². The molecule has 23 heavy (non-hydrogen) atoms. The zero-order valence-corrected chi connectivity index (χ0v) is 15.1. The summed E-state index contributed by atoms with van der Waals surface area (Å²) in [4.78, 5) is 0. The van der Waals surface area contributed by atoms with Gasteiger partial charge in [-0.25, -0.2) is 12.1 Å². The van der Waals surface area contributed by atoms with Gasteiger partial charge in [-0.05, 0) is 0 Å². The summed E-state index contributed by atoms with van der Waals surface area (Å²) in [6.07, 6.45) is -8.37. The SMILES string of the molecule is C[c-]1ccc(C(F)(F)F)c1.C[c-]1ccc(C(F)(F)F)c1.[Cl-].[Cl-].[Ti+4]. The Bertz CT molecular complexity index is 504. The first kappa shape index (κ1) is 27.4. The van der Waals surface area contributed by atoms with Gasteiger partial charge in [-0.2, -0.15) is 61.7 Å². The molecule has 0 amide bonds. The Morgan fingerprint density at radius 1 is 0.696 bits per heavy atom. The molecule has 0 heterocycles. The summed E-state index contributed by atoms with van der Waals surface area (Å²) in [6.45, 7) is 3.27. The van der Waals surface area contributed by atoms with Crippen molar-refractivity contribution in [2.24, 2.45) is 0 Å². The van der Waals surface area contributed by atoms with Crippen molar-refractivity contribution in [3.05, 3.63) is 58.7 Å². The second-order valence-electron chi connectivity index (χ2n) is 4.35. The first-order valence-corrected chi connectivity index (χ1v) is 5.61. The van der Waals surface area contributed by atoms with Crippen molar-refractivity contribution in [2.45, 2.75) is 26.2 Å². The van der Waals surface area contributed by atoms with Crippen LogP contribution in [0, 0.1) is 13.8 Å². The first-order valence-electron chi connectivity index (χ1n) is 5.61. The Hall–Kier alpha value is -0.426. The molecule has 0 fully saturated rings. The van der Waals surface area contributed by atoms with Crippen molar-refractivity contribution in [3.8, 4) is 0 Å². The fourth-order valence-corrected chi connectivity index (χ4v) is 1.48. The second kappa shape index (κ2) is 10.4. The second-order valence-corrected chi connectivity index (χ2v) is 4.35. The molecule has 0 unspecified atom stereocenters. The Labute approximate surface area is 157 Å². The van der Waals surface area contributed by atoms with Gasteiger partial charge in [-0.3, -0.25) is 0 Å². The van der Waals surface area contributed by atoms with Gasteiger partial charge in [0.25, 0.3) is 0 Å². The van der Waals surface area contributed by atoms with Crippen LogP contribution in [0.2, 0.25) is 0 Å². The van der Waals surface area contributed by atoms with Gasteiger partial charge >= 0.3 is 34.1 Å². The topological polar surface area (TPSA) is 0 Å². The third-order valence-corrected chi connectivity index (χ3v) is 2.47. The van der Waals surface area contributed by atoms with Crippen molar-refractivity contribution >= 4 is 0 Å². The van der Waals surface area contributed by atoms with Crippen LogP contribution < -0.4 is 24.8 Å². The van der Waals surface area contributed by atoms with Crippen molar-refractivity contribution in [1.29, 1.82) is 0 Å². The zero-order valence-electron chi connectivity index (χ0n) is 12.0. The Balaban J connectivity index is -0.000000308. The van der Waals surface area contributed by atoms with E-state index in [1.54, 1.807) is 13.8 Å². The van der Waals surface area contributed by atoms with E-state index in [9.17, 15) is 26.3 Å². The van der Waals surface area contributed by atoms with Gasteiger partial charge in [0.05, 0.1) is 0 Å². The van der Waals surface area contributed by atoms with E-state index < -0.39 is 23.5 Å². The number of hydrogen-bond donors (Lipinski definition) is 0. The van der Waals surface area contributed by atoms with E-state index in [1.807, 2.05) is 0 Å². The van der Waals surface area contributed by atoms with E-state index in [0.717, 1.165) is 24.3 Å². The summed E-state index contributed by atoms with van der Waals surface area (Å²) in [5.41, 5.74) is 0.162. The van der Waals surface area contributed by atoms with Crippen LogP contribution >= 0.6 is 0 Å². The van der Waals surface area contributed by atoms with Gasteiger partial charge in [0, 0.05) is 0 Å². The molecular weight excluding hydrogens is 401 g/mol. The number of alkyl halides is 6. The molecule has 9 heteroatoms. The smallest absolute Gasteiger partial charge is 1.00 e. The van der Waals surface area contributed by atoms with Gasteiger partial charge < -0.3 is 24.8 Å². The van der Waals surface area contributed by atoms with Crippen LogP contribution in [0.15, 0.2) is 36.4 Å². The molecule has 0 aliphatic heterocycles. The molecule has 128 valence electrons. The van der Waals surface area contributed by atoms with Crippen LogP contribution in [0.5, 0.6) is 0 Å². The number of hydrogen-bond acceptors (Lipinski definition) is 0. The predicted octanol–water partition coefficient (Wildman–Crippen LogP) is -0.529. The van der Waals surface area contributed by atoms with Gasteiger partial charge in [-0.15, -0.1) is 0 Å². The zero-order chi connectivity index (χ0) is 15.6. The van der Waals surface area contributed by atoms with E-state index in [4.69, 9.17) is 0 Å². The number of aryl methyl sites for hydroxylation is 2. The average Bonchev–Trinajstić information content (AvgIpc) is 2.85. The standard InChI is InChI=1S/2C7H6F3.2ClH.Ti/c2*1-5-2-3-6(4-5)7(8,9)10;;;/h2*2-4H,1H3;2*1H;/q2*-1;;;+4/p-2. The van der Waals surface area contributed by atoms with Crippen LogP contribution in [-0.4, -0.2) is 0 Å². The maximum atomic E-state index is 11.8. The van der Waals surface area contributed by atoms with Crippen LogP contribution in [-0.2, 0) is 34.1 Å². The molecule has 0 atom stereocenters. The van der Waals surface area contributed by atoms with Crippen LogP contribution in [0.3, 0.4) is 0 Å².